The molecule has 0 saturated heterocycles. The molecule has 1 heterocycles. The molecule has 7 heteroatoms. The predicted octanol–water partition coefficient (Wildman–Crippen LogP) is 1.52. The Balaban J connectivity index is 2.47. The molecular weight excluding hydrogens is 332 g/mol. The van der Waals surface area contributed by atoms with Crippen LogP contribution in [0.3, 0.4) is 0 Å². The van der Waals surface area contributed by atoms with Crippen LogP contribution in [0.4, 0.5) is 0 Å². The van der Waals surface area contributed by atoms with Crippen molar-refractivity contribution in [3.8, 4) is 0 Å². The van der Waals surface area contributed by atoms with E-state index in [1.165, 1.54) is 11.3 Å². The van der Waals surface area contributed by atoms with E-state index in [4.69, 9.17) is 5.11 Å². The number of amides is 2. The topological polar surface area (TPSA) is 78.4 Å². The second-order valence-electron chi connectivity index (χ2n) is 4.22. The summed E-state index contributed by atoms with van der Waals surface area (Å²) in [6.07, 6.45) is 0.490. The van der Waals surface area contributed by atoms with Crippen molar-refractivity contribution in [2.75, 3.05) is 6.61 Å². The van der Waals surface area contributed by atoms with E-state index < -0.39 is 6.04 Å². The van der Waals surface area contributed by atoms with E-state index in [-0.39, 0.29) is 24.5 Å². The minimum Gasteiger partial charge on any atom is -0.396 e. The number of hydrogen-bond donors (Lipinski definition) is 3. The predicted molar refractivity (Wildman–Crippen MR) is 78.3 cm³/mol. The summed E-state index contributed by atoms with van der Waals surface area (Å²) in [4.78, 5) is 24.2. The summed E-state index contributed by atoms with van der Waals surface area (Å²) >= 11 is 4.59. The van der Waals surface area contributed by atoms with Gasteiger partial charge in [0.25, 0.3) is 5.91 Å². The number of aliphatic hydroxyl groups excluding tert-OH is 1. The smallest absolute Gasteiger partial charge is 0.262 e. The minimum absolute atomic E-state index is 0.0193. The quantitative estimate of drug-likeness (QED) is 0.729. The average molecular weight is 349 g/mol. The van der Waals surface area contributed by atoms with Gasteiger partial charge in [-0.2, -0.15) is 0 Å². The molecule has 0 aliphatic heterocycles. The Hall–Kier alpha value is -0.920. The summed E-state index contributed by atoms with van der Waals surface area (Å²) in [5.41, 5.74) is 0. The van der Waals surface area contributed by atoms with Crippen molar-refractivity contribution in [2.24, 2.45) is 0 Å². The van der Waals surface area contributed by atoms with Gasteiger partial charge in [0.05, 0.1) is 8.66 Å². The van der Waals surface area contributed by atoms with Gasteiger partial charge in [0.1, 0.15) is 6.04 Å². The SMILES string of the molecule is C[C@@H](CCO)NC(=O)[C@@H](C)NC(=O)c1ccc(Br)s1. The van der Waals surface area contributed by atoms with Crippen molar-refractivity contribution < 1.29 is 14.7 Å². The summed E-state index contributed by atoms with van der Waals surface area (Å²) in [7, 11) is 0. The second kappa shape index (κ2) is 7.62. The molecule has 106 valence electrons. The number of halogens is 1. The molecule has 0 unspecified atom stereocenters. The third-order valence-electron chi connectivity index (χ3n) is 2.49. The molecule has 19 heavy (non-hydrogen) atoms. The van der Waals surface area contributed by atoms with E-state index in [0.717, 1.165) is 3.79 Å². The fourth-order valence-electron chi connectivity index (χ4n) is 1.40. The van der Waals surface area contributed by atoms with Gasteiger partial charge in [-0.05, 0) is 48.3 Å². The molecule has 2 amide bonds. The highest BCUT2D eigenvalue weighted by atomic mass is 79.9. The van der Waals surface area contributed by atoms with Crippen molar-refractivity contribution in [1.82, 2.24) is 10.6 Å². The molecule has 5 nitrogen and oxygen atoms in total. The van der Waals surface area contributed by atoms with Gasteiger partial charge in [0, 0.05) is 12.6 Å². The fraction of sp³-hybridized carbons (Fsp3) is 0.500. The Kier molecular flexibility index (Phi) is 6.47. The summed E-state index contributed by atoms with van der Waals surface area (Å²) in [5, 5.41) is 14.1. The van der Waals surface area contributed by atoms with Gasteiger partial charge in [0.15, 0.2) is 0 Å². The average Bonchev–Trinajstić information content (AvgIpc) is 2.76. The number of nitrogens with one attached hydrogen (secondary N) is 2. The molecule has 2 atom stereocenters. The molecule has 1 aromatic heterocycles. The van der Waals surface area contributed by atoms with Crippen molar-refractivity contribution in [1.29, 1.82) is 0 Å². The maximum atomic E-state index is 11.8. The van der Waals surface area contributed by atoms with Crippen LogP contribution in [-0.4, -0.2) is 35.6 Å². The van der Waals surface area contributed by atoms with E-state index in [0.29, 0.717) is 11.3 Å². The second-order valence-corrected chi connectivity index (χ2v) is 6.68. The highest BCUT2D eigenvalue weighted by Gasteiger charge is 2.18. The normalized spacial score (nSPS) is 13.7. The molecule has 0 aliphatic rings. The number of aliphatic hydroxyl groups is 1. The Morgan fingerprint density at radius 1 is 1.37 bits per heavy atom. The van der Waals surface area contributed by atoms with Crippen LogP contribution in [-0.2, 0) is 4.79 Å². The maximum Gasteiger partial charge on any atom is 0.262 e. The molecule has 3 N–H and O–H groups in total. The first-order valence-electron chi connectivity index (χ1n) is 5.91. The van der Waals surface area contributed by atoms with E-state index in [9.17, 15) is 9.59 Å². The van der Waals surface area contributed by atoms with Gasteiger partial charge in [-0.25, -0.2) is 0 Å². The molecule has 0 aliphatic carbocycles. The Morgan fingerprint density at radius 2 is 2.05 bits per heavy atom. The van der Waals surface area contributed by atoms with Crippen LogP contribution in [0.15, 0.2) is 15.9 Å². The van der Waals surface area contributed by atoms with Gasteiger partial charge in [-0.15, -0.1) is 11.3 Å². The number of thiophene rings is 1. The lowest BCUT2D eigenvalue weighted by Gasteiger charge is -2.17. The summed E-state index contributed by atoms with van der Waals surface area (Å²) < 4.78 is 0.867. The van der Waals surface area contributed by atoms with Crippen LogP contribution in [0, 0.1) is 0 Å². The first-order chi connectivity index (χ1) is 8.93. The molecular formula is C12H17BrN2O3S. The third kappa shape index (κ3) is 5.30. The monoisotopic (exact) mass is 348 g/mol. The molecule has 1 rings (SSSR count). The number of carbonyl (C=O) groups excluding carboxylic acids is 2. The standard InChI is InChI=1S/C12H17BrN2O3S/c1-7(5-6-16)14-11(17)8(2)15-12(18)9-3-4-10(13)19-9/h3-4,7-8,16H,5-6H2,1-2H3,(H,14,17)(H,15,18)/t7-,8+/m0/s1. The Morgan fingerprint density at radius 3 is 2.58 bits per heavy atom. The maximum absolute atomic E-state index is 11.8. The van der Waals surface area contributed by atoms with Crippen LogP contribution in [0.2, 0.25) is 0 Å². The zero-order valence-corrected chi connectivity index (χ0v) is 13.2. The fourth-order valence-corrected chi connectivity index (χ4v) is 2.69. The van der Waals surface area contributed by atoms with Crippen molar-refractivity contribution >= 4 is 39.1 Å². The summed E-state index contributed by atoms with van der Waals surface area (Å²) in [6, 6.07) is 2.75. The Labute approximate surface area is 124 Å². The lowest BCUT2D eigenvalue weighted by molar-refractivity contribution is -0.123. The van der Waals surface area contributed by atoms with Crippen LogP contribution >= 0.6 is 27.3 Å². The summed E-state index contributed by atoms with van der Waals surface area (Å²) in [6.45, 7) is 3.45. The first-order valence-corrected chi connectivity index (χ1v) is 7.52. The van der Waals surface area contributed by atoms with Crippen LogP contribution in [0.1, 0.15) is 29.9 Å². The number of carbonyl (C=O) groups is 2. The largest absolute Gasteiger partial charge is 0.396 e. The van der Waals surface area contributed by atoms with Gasteiger partial charge >= 0.3 is 0 Å². The van der Waals surface area contributed by atoms with E-state index in [1.54, 1.807) is 26.0 Å². The van der Waals surface area contributed by atoms with E-state index >= 15 is 0 Å². The summed E-state index contributed by atoms with van der Waals surface area (Å²) in [5.74, 6) is -0.530. The van der Waals surface area contributed by atoms with Gasteiger partial charge < -0.3 is 15.7 Å². The zero-order chi connectivity index (χ0) is 14.4. The van der Waals surface area contributed by atoms with E-state index in [2.05, 4.69) is 26.6 Å². The van der Waals surface area contributed by atoms with Gasteiger partial charge in [-0.1, -0.05) is 0 Å². The molecule has 0 bridgehead atoms. The molecule has 0 aromatic carbocycles. The first kappa shape index (κ1) is 16.1. The minimum atomic E-state index is -0.616. The van der Waals surface area contributed by atoms with Crippen molar-refractivity contribution in [3.63, 3.8) is 0 Å². The molecule has 0 radical (unpaired) electrons. The molecule has 0 spiro atoms. The van der Waals surface area contributed by atoms with Crippen LogP contribution < -0.4 is 10.6 Å². The van der Waals surface area contributed by atoms with Crippen molar-refractivity contribution in [2.45, 2.75) is 32.4 Å². The highest BCUT2D eigenvalue weighted by Crippen LogP contribution is 2.21. The lowest BCUT2D eigenvalue weighted by atomic mass is 10.2. The Bertz CT molecular complexity index is 450. The molecule has 0 saturated carbocycles. The zero-order valence-electron chi connectivity index (χ0n) is 10.8. The van der Waals surface area contributed by atoms with Crippen molar-refractivity contribution in [3.05, 3.63) is 20.8 Å². The van der Waals surface area contributed by atoms with Crippen LogP contribution in [0.25, 0.3) is 0 Å². The van der Waals surface area contributed by atoms with Gasteiger partial charge in [0.2, 0.25) is 5.91 Å². The molecule has 1 aromatic rings. The molecule has 0 fully saturated rings. The number of rotatable bonds is 6. The lowest BCUT2D eigenvalue weighted by Crippen LogP contribution is -2.47. The van der Waals surface area contributed by atoms with Crippen LogP contribution in [0.5, 0.6) is 0 Å². The number of hydrogen-bond acceptors (Lipinski definition) is 4. The highest BCUT2D eigenvalue weighted by molar-refractivity contribution is 9.11. The van der Waals surface area contributed by atoms with Gasteiger partial charge in [-0.3, -0.25) is 9.59 Å². The third-order valence-corrected chi connectivity index (χ3v) is 4.11. The van der Waals surface area contributed by atoms with E-state index in [1.807, 2.05) is 0 Å².